The van der Waals surface area contributed by atoms with Crippen molar-refractivity contribution in [3.8, 4) is 55.6 Å². The summed E-state index contributed by atoms with van der Waals surface area (Å²) in [5.41, 5.74) is -14.1. The lowest BCUT2D eigenvalue weighted by Gasteiger charge is -2.32. The Morgan fingerprint density at radius 1 is 0.400 bits per heavy atom. The topological polar surface area (TPSA) is 16.4 Å². The van der Waals surface area contributed by atoms with Crippen LogP contribution in [0.2, 0.25) is 0 Å². The van der Waals surface area contributed by atoms with Gasteiger partial charge in [-0.15, -0.1) is 0 Å². The highest BCUT2D eigenvalue weighted by Crippen LogP contribution is 2.63. The van der Waals surface area contributed by atoms with E-state index >= 15 is 0 Å². The predicted octanol–water partition coefficient (Wildman–Crippen LogP) is 18.2. The molecule has 0 saturated heterocycles. The molecule has 70 heavy (non-hydrogen) atoms. The fraction of sp³-hybridized carbons (Fsp3) is 0.0588. The Bertz CT molecular complexity index is 5600. The van der Waals surface area contributed by atoms with Gasteiger partial charge in [0.25, 0.3) is 0 Å². The van der Waals surface area contributed by atoms with Crippen LogP contribution in [0, 0.1) is 0 Å². The number of hydrogen-bond donors (Lipinski definition) is 0. The van der Waals surface area contributed by atoms with Gasteiger partial charge in [0.1, 0.15) is 11.2 Å². The zero-order chi connectivity index (χ0) is 70.4. The Hall–Kier alpha value is -8.72. The van der Waals surface area contributed by atoms with Crippen molar-refractivity contribution in [1.82, 2.24) is 0 Å². The largest absolute Gasteiger partial charge is 0.455 e. The van der Waals surface area contributed by atoms with Crippen molar-refractivity contribution < 1.29 is 42.8 Å². The number of fused-ring (bicyclic) bond motifs is 17. The van der Waals surface area contributed by atoms with Crippen LogP contribution < -0.4 is 4.90 Å². The Labute approximate surface area is 446 Å². The molecule has 0 N–H and O–H groups in total. The second-order valence-electron chi connectivity index (χ2n) is 17.3. The lowest BCUT2D eigenvalue weighted by atomic mass is 9.70. The average molecular weight is 920 g/mol. The molecule has 1 heterocycles. The van der Waals surface area contributed by atoms with Gasteiger partial charge in [0.15, 0.2) is 0 Å². The number of nitrogens with zero attached hydrogens (tertiary/aromatic N) is 1. The van der Waals surface area contributed by atoms with Crippen molar-refractivity contribution >= 4 is 49.8 Å². The fourth-order valence-electron chi connectivity index (χ4n) is 10.9. The molecule has 328 valence electrons. The molecule has 11 aromatic carbocycles. The molecule has 0 unspecified atom stereocenters. The van der Waals surface area contributed by atoms with E-state index in [1.807, 2.05) is 78.9 Å². The molecule has 0 atom stereocenters. The van der Waals surface area contributed by atoms with Crippen molar-refractivity contribution in [1.29, 1.82) is 0 Å². The zero-order valence-corrected chi connectivity index (χ0v) is 36.2. The number of furan rings is 1. The molecule has 0 saturated carbocycles. The van der Waals surface area contributed by atoms with E-state index in [2.05, 4.69) is 0 Å². The average Bonchev–Trinajstić information content (AvgIpc) is 1.48. The molecule has 1 spiro atoms. The maximum Gasteiger partial charge on any atom is 0.143 e. The van der Waals surface area contributed by atoms with Gasteiger partial charge in [0.05, 0.1) is 35.6 Å². The van der Waals surface area contributed by atoms with E-state index in [-0.39, 0.29) is 5.69 Å². The third kappa shape index (κ3) is 5.23. The maximum atomic E-state index is 11.0. The summed E-state index contributed by atoms with van der Waals surface area (Å²) in [5.74, 6) is 0. The van der Waals surface area contributed by atoms with Gasteiger partial charge in [-0.2, -0.15) is 0 Å². The molecule has 2 heteroatoms. The van der Waals surface area contributed by atoms with E-state index in [0.29, 0.717) is 33.4 Å². The van der Waals surface area contributed by atoms with E-state index in [9.17, 15) is 27.4 Å². The number of benzene rings is 11. The molecule has 0 aliphatic heterocycles. The summed E-state index contributed by atoms with van der Waals surface area (Å²) in [5, 5.41) is 3.26. The second kappa shape index (κ2) is 14.4. The first-order valence-corrected chi connectivity index (χ1v) is 22.2. The Balaban J connectivity index is 1.11. The van der Waals surface area contributed by atoms with Crippen molar-refractivity contribution in [2.75, 3.05) is 4.90 Å². The Kier molecular flexibility index (Phi) is 4.29. The smallest absolute Gasteiger partial charge is 0.143 e. The molecule has 1 aromatic heterocycles. The van der Waals surface area contributed by atoms with Crippen LogP contribution in [-0.2, 0) is 10.8 Å². The number of para-hydroxylation sites is 2. The predicted molar refractivity (Wildman–Crippen MR) is 291 cm³/mol. The second-order valence-corrected chi connectivity index (χ2v) is 17.3. The summed E-state index contributed by atoms with van der Waals surface area (Å²) in [6.07, 6.45) is 0. The molecular formula is C68H45NO. The standard InChI is InChI=1S/C68H45NO/c1-67(2)58-25-10-5-18-49(58)53-38-35-45(40-62(53)67)69(46-36-39-54-52-21-8-13-28-61(52)68(63(54)41-46)59-26-11-6-19-50(59)51-20-7-12-27-60(51)68)44-33-30-43(31-34-44)48-37-32-42-16-3-4-17-47(42)65(48)57-24-15-23-56-55-22-9-14-29-64(55)70-66(56)57/h3-41H,1-2H3/i1D3,2D3,5D,6D,7D,8D,10D,11D,12D,13D,18D,19D,20D,21D,25D,26D,27D,28D,35D,36D,38D,39D,40D,41D. The lowest BCUT2D eigenvalue weighted by molar-refractivity contribution is 0.660. The monoisotopic (exact) mass is 920 g/mol. The molecule has 12 aromatic rings. The molecule has 15 rings (SSSR count). The van der Waals surface area contributed by atoms with Gasteiger partial charge in [-0.25, -0.2) is 0 Å². The van der Waals surface area contributed by atoms with Crippen LogP contribution in [0.1, 0.15) is 85.5 Å². The summed E-state index contributed by atoms with van der Waals surface area (Å²) in [4.78, 5) is 0.817. The Morgan fingerprint density at radius 3 is 1.61 bits per heavy atom. The van der Waals surface area contributed by atoms with Gasteiger partial charge in [0, 0.05) is 52.6 Å². The van der Waals surface area contributed by atoms with Crippen LogP contribution in [-0.4, -0.2) is 0 Å². The minimum Gasteiger partial charge on any atom is -0.455 e. The van der Waals surface area contributed by atoms with Gasteiger partial charge in [0.2, 0.25) is 0 Å². The minimum atomic E-state index is -3.92. The normalized spacial score (nSPS) is 20.1. The van der Waals surface area contributed by atoms with E-state index in [1.54, 1.807) is 12.1 Å². The van der Waals surface area contributed by atoms with Crippen molar-refractivity contribution in [3.05, 3.63) is 269 Å². The minimum absolute atomic E-state index is 0.295. The van der Waals surface area contributed by atoms with Gasteiger partial charge >= 0.3 is 0 Å². The molecule has 0 radical (unpaired) electrons. The molecule has 2 nitrogen and oxygen atoms in total. The van der Waals surface area contributed by atoms with Gasteiger partial charge in [-0.05, 0) is 131 Å². The number of hydrogen-bond acceptors (Lipinski definition) is 2. The first-order chi connectivity index (χ1) is 46.1. The van der Waals surface area contributed by atoms with Crippen LogP contribution >= 0.6 is 0 Å². The van der Waals surface area contributed by atoms with Crippen molar-refractivity contribution in [2.24, 2.45) is 0 Å². The van der Waals surface area contributed by atoms with E-state index in [4.69, 9.17) is 15.4 Å². The van der Waals surface area contributed by atoms with Crippen LogP contribution in [0.4, 0.5) is 17.1 Å². The molecule has 3 aliphatic rings. The summed E-state index contributed by atoms with van der Waals surface area (Å²) in [7, 11) is 0. The van der Waals surface area contributed by atoms with E-state index in [1.165, 1.54) is 12.1 Å². The molecule has 0 fully saturated rings. The first-order valence-electron chi connectivity index (χ1n) is 36.2. The highest BCUT2D eigenvalue weighted by Gasteiger charge is 2.51. The number of anilines is 3. The quantitative estimate of drug-likeness (QED) is 0.171. The van der Waals surface area contributed by atoms with Gasteiger partial charge in [-0.3, -0.25) is 0 Å². The third-order valence-corrected chi connectivity index (χ3v) is 13.8. The molecule has 0 bridgehead atoms. The van der Waals surface area contributed by atoms with E-state index in [0.717, 1.165) is 26.4 Å². The third-order valence-electron chi connectivity index (χ3n) is 13.8. The highest BCUT2D eigenvalue weighted by atomic mass is 16.3. The molecular weight excluding hydrogens is 847 g/mol. The summed E-state index contributed by atoms with van der Waals surface area (Å²) in [6.45, 7) is -7.84. The molecule has 0 amide bonds. The van der Waals surface area contributed by atoms with Gasteiger partial charge in [-0.1, -0.05) is 207 Å². The summed E-state index contributed by atoms with van der Waals surface area (Å²) >= 11 is 0. The fourth-order valence-corrected chi connectivity index (χ4v) is 10.9. The SMILES string of the molecule is [2H]c1c([2H])c([2H])c2c(c1[2H])-c1c([2H])c([2H])c([2H])c([2H])c1C21c2c([2H])c([2H])c([2H])c([2H])c2-c2c([2H])c([2H])c(N(c3ccc(-c4ccc5ccccc5c4-c4cccc5c4oc4ccccc45)cc3)c3c([2H])c([2H])c4c(c3[2H])C(C([2H])([2H])[2H])(C([2H])([2H])[2H])c3c([2H])c([2H])c([2H])c([2H])c3-4)c([2H])c21. The first kappa shape index (κ1) is 20.9. The van der Waals surface area contributed by atoms with Crippen LogP contribution in [0.15, 0.2) is 240 Å². The van der Waals surface area contributed by atoms with Crippen molar-refractivity contribution in [2.45, 2.75) is 24.5 Å². The number of rotatable bonds is 5. The maximum absolute atomic E-state index is 11.0. The zero-order valence-electron chi connectivity index (χ0n) is 64.2. The van der Waals surface area contributed by atoms with Crippen LogP contribution in [0.3, 0.4) is 0 Å². The van der Waals surface area contributed by atoms with Gasteiger partial charge < -0.3 is 9.32 Å². The van der Waals surface area contributed by atoms with E-state index < -0.39 is 236 Å². The lowest BCUT2D eigenvalue weighted by Crippen LogP contribution is -2.26. The summed E-state index contributed by atoms with van der Waals surface area (Å²) < 4.78 is 272. The van der Waals surface area contributed by atoms with Crippen LogP contribution in [0.5, 0.6) is 0 Å². The van der Waals surface area contributed by atoms with Crippen molar-refractivity contribution in [3.63, 3.8) is 0 Å². The summed E-state index contributed by atoms with van der Waals surface area (Å²) in [6, 6.07) is 8.36. The Morgan fingerprint density at radius 2 is 0.943 bits per heavy atom. The van der Waals surface area contributed by atoms with Crippen LogP contribution in [0.25, 0.3) is 88.3 Å². The molecule has 3 aliphatic carbocycles. The highest BCUT2D eigenvalue weighted by molar-refractivity contribution is 6.15.